The van der Waals surface area contributed by atoms with E-state index in [1.807, 2.05) is 25.6 Å². The molecular formula is C18H33IN6O2. The molecule has 0 spiro atoms. The zero-order chi connectivity index (χ0) is 19.1. The number of carbonyl (C=O) groups is 1. The highest BCUT2D eigenvalue weighted by Crippen LogP contribution is 2.13. The van der Waals surface area contributed by atoms with Gasteiger partial charge in [-0.2, -0.15) is 5.10 Å². The summed E-state index contributed by atoms with van der Waals surface area (Å²) in [5.41, 5.74) is 3.58. The second-order valence-electron chi connectivity index (χ2n) is 6.63. The van der Waals surface area contributed by atoms with Crippen LogP contribution in [0.4, 0.5) is 4.79 Å². The van der Waals surface area contributed by atoms with Gasteiger partial charge >= 0.3 is 6.09 Å². The van der Waals surface area contributed by atoms with Crippen molar-refractivity contribution < 1.29 is 9.53 Å². The summed E-state index contributed by atoms with van der Waals surface area (Å²) in [7, 11) is 3.76. The Morgan fingerprint density at radius 3 is 2.52 bits per heavy atom. The molecule has 0 atom stereocenters. The zero-order valence-corrected chi connectivity index (χ0v) is 19.4. The largest absolute Gasteiger partial charge is 0.450 e. The summed E-state index contributed by atoms with van der Waals surface area (Å²) in [5.74, 6) is 0.804. The van der Waals surface area contributed by atoms with E-state index in [0.717, 1.165) is 37.5 Å². The van der Waals surface area contributed by atoms with Crippen LogP contribution in [0.25, 0.3) is 0 Å². The molecule has 1 aliphatic heterocycles. The summed E-state index contributed by atoms with van der Waals surface area (Å²) >= 11 is 0. The number of halogens is 1. The Labute approximate surface area is 179 Å². The minimum absolute atomic E-state index is 0. The van der Waals surface area contributed by atoms with Crippen LogP contribution in [0.2, 0.25) is 0 Å². The Kier molecular flexibility index (Phi) is 9.89. The predicted octanol–water partition coefficient (Wildman–Crippen LogP) is 1.98. The number of aryl methyl sites for hydroxylation is 2. The third kappa shape index (κ3) is 6.54. The quantitative estimate of drug-likeness (QED) is 0.373. The van der Waals surface area contributed by atoms with Crippen molar-refractivity contribution in [2.24, 2.45) is 12.0 Å². The maximum Gasteiger partial charge on any atom is 0.409 e. The molecule has 0 bridgehead atoms. The first-order valence-electron chi connectivity index (χ1n) is 9.34. The van der Waals surface area contributed by atoms with Crippen molar-refractivity contribution in [3.05, 3.63) is 17.0 Å². The van der Waals surface area contributed by atoms with Crippen molar-refractivity contribution in [2.45, 2.75) is 46.1 Å². The highest BCUT2D eigenvalue weighted by Gasteiger charge is 2.24. The number of amides is 1. The van der Waals surface area contributed by atoms with Crippen molar-refractivity contribution in [1.82, 2.24) is 25.3 Å². The molecule has 1 saturated heterocycles. The molecule has 2 heterocycles. The standard InChI is InChI=1S/C18H32N6O2.HI/c1-6-26-18(25)24-11-8-15(9-12-24)21-17(19-4)20-10-7-16-13(2)22-23(5)14(16)3;/h15H,6-12H2,1-5H3,(H2,19,20,21);1H. The SMILES string of the molecule is CCOC(=O)N1CCC(NC(=NC)NCCc2c(C)nn(C)c2C)CC1.I. The summed E-state index contributed by atoms with van der Waals surface area (Å²) in [6.45, 7) is 8.62. The molecule has 0 unspecified atom stereocenters. The number of aromatic nitrogens is 2. The lowest BCUT2D eigenvalue weighted by Gasteiger charge is -2.32. The monoisotopic (exact) mass is 492 g/mol. The first-order chi connectivity index (χ1) is 12.5. The van der Waals surface area contributed by atoms with Crippen molar-refractivity contribution in [3.63, 3.8) is 0 Å². The summed E-state index contributed by atoms with van der Waals surface area (Å²) in [4.78, 5) is 17.8. The van der Waals surface area contributed by atoms with Crippen molar-refractivity contribution in [2.75, 3.05) is 33.3 Å². The number of hydrogen-bond acceptors (Lipinski definition) is 4. The van der Waals surface area contributed by atoms with Gasteiger partial charge in [-0.1, -0.05) is 0 Å². The third-order valence-corrected chi connectivity index (χ3v) is 4.91. The third-order valence-electron chi connectivity index (χ3n) is 4.91. The Morgan fingerprint density at radius 2 is 2.00 bits per heavy atom. The Balaban J connectivity index is 0.00000364. The van der Waals surface area contributed by atoms with E-state index in [-0.39, 0.29) is 30.1 Å². The molecule has 1 aromatic heterocycles. The number of guanidine groups is 1. The van der Waals surface area contributed by atoms with Crippen molar-refractivity contribution >= 4 is 36.0 Å². The van der Waals surface area contributed by atoms with Crippen LogP contribution in [0.5, 0.6) is 0 Å². The molecule has 1 amide bonds. The summed E-state index contributed by atoms with van der Waals surface area (Å²) in [6.07, 6.45) is 2.48. The summed E-state index contributed by atoms with van der Waals surface area (Å²) in [5, 5.41) is 11.3. The number of likely N-dealkylation sites (tertiary alicyclic amines) is 1. The van der Waals surface area contributed by atoms with Crippen molar-refractivity contribution in [1.29, 1.82) is 0 Å². The molecule has 0 aromatic carbocycles. The van der Waals surface area contributed by atoms with Gasteiger partial charge in [-0.25, -0.2) is 4.79 Å². The van der Waals surface area contributed by atoms with Gasteiger partial charge in [0.15, 0.2) is 5.96 Å². The highest BCUT2D eigenvalue weighted by molar-refractivity contribution is 14.0. The smallest absolute Gasteiger partial charge is 0.409 e. The maximum absolute atomic E-state index is 11.8. The Bertz CT molecular complexity index is 638. The number of piperidine rings is 1. The van der Waals surface area contributed by atoms with E-state index in [1.165, 1.54) is 11.3 Å². The van der Waals surface area contributed by atoms with Crippen LogP contribution in [-0.2, 0) is 18.2 Å². The molecule has 0 radical (unpaired) electrons. The summed E-state index contributed by atoms with van der Waals surface area (Å²) in [6, 6.07) is 0.314. The average molecular weight is 492 g/mol. The number of rotatable bonds is 5. The number of carbonyl (C=O) groups excluding carboxylic acids is 1. The van der Waals surface area contributed by atoms with Gasteiger partial charge in [0.25, 0.3) is 0 Å². The number of hydrogen-bond donors (Lipinski definition) is 2. The van der Waals surface area contributed by atoms with Crippen LogP contribution in [0.3, 0.4) is 0 Å². The van der Waals surface area contributed by atoms with E-state index >= 15 is 0 Å². The molecule has 1 fully saturated rings. The Morgan fingerprint density at radius 1 is 1.33 bits per heavy atom. The van der Waals surface area contributed by atoms with Crippen LogP contribution in [-0.4, -0.2) is 66.1 Å². The minimum Gasteiger partial charge on any atom is -0.450 e. The number of aliphatic imine (C=N–C) groups is 1. The van der Waals surface area contributed by atoms with Gasteiger partial charge in [-0.15, -0.1) is 24.0 Å². The van der Waals surface area contributed by atoms with E-state index in [4.69, 9.17) is 4.74 Å². The van der Waals surface area contributed by atoms with Crippen LogP contribution in [0.15, 0.2) is 4.99 Å². The molecule has 0 aliphatic carbocycles. The number of nitrogens with zero attached hydrogens (tertiary/aromatic N) is 4. The molecule has 1 aromatic rings. The molecule has 2 rings (SSSR count). The topological polar surface area (TPSA) is 83.8 Å². The molecule has 0 saturated carbocycles. The van der Waals surface area contributed by atoms with E-state index in [1.54, 1.807) is 11.9 Å². The lowest BCUT2D eigenvalue weighted by Crippen LogP contribution is -2.50. The second kappa shape index (κ2) is 11.4. The van der Waals surface area contributed by atoms with Gasteiger partial charge in [0, 0.05) is 45.5 Å². The second-order valence-corrected chi connectivity index (χ2v) is 6.63. The number of nitrogens with one attached hydrogen (secondary N) is 2. The minimum atomic E-state index is -0.212. The maximum atomic E-state index is 11.8. The first kappa shape index (κ1) is 23.5. The fourth-order valence-electron chi connectivity index (χ4n) is 3.29. The molecule has 8 nitrogen and oxygen atoms in total. The molecule has 154 valence electrons. The van der Waals surface area contributed by atoms with Gasteiger partial charge < -0.3 is 20.3 Å². The van der Waals surface area contributed by atoms with Gasteiger partial charge in [0.1, 0.15) is 0 Å². The van der Waals surface area contributed by atoms with E-state index in [2.05, 4.69) is 27.6 Å². The molecule has 2 N–H and O–H groups in total. The van der Waals surface area contributed by atoms with E-state index in [9.17, 15) is 4.79 Å². The van der Waals surface area contributed by atoms with Gasteiger partial charge in [0.2, 0.25) is 0 Å². The van der Waals surface area contributed by atoms with Gasteiger partial charge in [-0.3, -0.25) is 9.67 Å². The van der Waals surface area contributed by atoms with Gasteiger partial charge in [-0.05, 0) is 45.6 Å². The van der Waals surface area contributed by atoms with Crippen LogP contribution in [0, 0.1) is 13.8 Å². The lowest BCUT2D eigenvalue weighted by atomic mass is 10.1. The zero-order valence-electron chi connectivity index (χ0n) is 17.0. The normalized spacial score (nSPS) is 15.3. The van der Waals surface area contributed by atoms with E-state index < -0.39 is 0 Å². The molecular weight excluding hydrogens is 459 g/mol. The van der Waals surface area contributed by atoms with Crippen LogP contribution < -0.4 is 10.6 Å². The highest BCUT2D eigenvalue weighted by atomic mass is 127. The van der Waals surface area contributed by atoms with Gasteiger partial charge in [0.05, 0.1) is 12.3 Å². The first-order valence-corrected chi connectivity index (χ1v) is 9.34. The lowest BCUT2D eigenvalue weighted by molar-refractivity contribution is 0.0963. The van der Waals surface area contributed by atoms with Crippen molar-refractivity contribution in [3.8, 4) is 0 Å². The number of ether oxygens (including phenoxy) is 1. The van der Waals surface area contributed by atoms with Crippen LogP contribution >= 0.6 is 24.0 Å². The Hall–Kier alpha value is -1.52. The molecule has 27 heavy (non-hydrogen) atoms. The fraction of sp³-hybridized carbons (Fsp3) is 0.722. The molecule has 1 aliphatic rings. The average Bonchev–Trinajstić information content (AvgIpc) is 2.87. The predicted molar refractivity (Wildman–Crippen MR) is 118 cm³/mol. The molecule has 9 heteroatoms. The van der Waals surface area contributed by atoms with Crippen LogP contribution in [0.1, 0.15) is 36.7 Å². The summed E-state index contributed by atoms with van der Waals surface area (Å²) < 4.78 is 6.98. The van der Waals surface area contributed by atoms with E-state index in [0.29, 0.717) is 25.7 Å². The fourth-order valence-corrected chi connectivity index (χ4v) is 3.29.